The van der Waals surface area contributed by atoms with Gasteiger partial charge in [-0.2, -0.15) is 11.8 Å². The van der Waals surface area contributed by atoms with Gasteiger partial charge in [0, 0.05) is 18.7 Å². The van der Waals surface area contributed by atoms with E-state index in [1.54, 1.807) is 0 Å². The Labute approximate surface area is 85.8 Å². The van der Waals surface area contributed by atoms with Crippen molar-refractivity contribution in [2.24, 2.45) is 0 Å². The van der Waals surface area contributed by atoms with Crippen LogP contribution in [0.4, 0.5) is 0 Å². The highest BCUT2D eigenvalue weighted by atomic mass is 32.2. The van der Waals surface area contributed by atoms with Crippen LogP contribution >= 0.6 is 11.8 Å². The van der Waals surface area contributed by atoms with E-state index in [-0.39, 0.29) is 0 Å². The van der Waals surface area contributed by atoms with Gasteiger partial charge >= 0.3 is 0 Å². The second kappa shape index (κ2) is 5.89. The minimum atomic E-state index is 0.400. The Morgan fingerprint density at radius 3 is 2.92 bits per heavy atom. The maximum Gasteiger partial charge on any atom is 0.0700 e. The first kappa shape index (κ1) is 11.3. The lowest BCUT2D eigenvalue weighted by atomic mass is 10.1. The molecule has 1 rings (SSSR count). The first-order valence-corrected chi connectivity index (χ1v) is 6.50. The third-order valence-corrected chi connectivity index (χ3v) is 3.27. The molecular formula is C10H21NOS. The van der Waals surface area contributed by atoms with Crippen LogP contribution in [0.2, 0.25) is 0 Å². The van der Waals surface area contributed by atoms with Gasteiger partial charge in [-0.3, -0.25) is 0 Å². The predicted octanol–water partition coefficient (Wildman–Crippen LogP) is 1.90. The average Bonchev–Trinajstić information content (AvgIpc) is 2.48. The van der Waals surface area contributed by atoms with Crippen molar-refractivity contribution >= 4 is 11.8 Å². The summed E-state index contributed by atoms with van der Waals surface area (Å²) >= 11 is 1.92. The SMILES string of the molecule is CSCCC(C)NC1CCOC1C. The zero-order chi connectivity index (χ0) is 9.68. The van der Waals surface area contributed by atoms with Gasteiger partial charge in [-0.05, 0) is 38.7 Å². The van der Waals surface area contributed by atoms with Gasteiger partial charge in [0.05, 0.1) is 6.10 Å². The highest BCUT2D eigenvalue weighted by Gasteiger charge is 2.24. The van der Waals surface area contributed by atoms with Crippen LogP contribution in [-0.4, -0.2) is 36.8 Å². The van der Waals surface area contributed by atoms with E-state index in [1.165, 1.54) is 18.6 Å². The third-order valence-electron chi connectivity index (χ3n) is 2.63. The molecule has 0 radical (unpaired) electrons. The van der Waals surface area contributed by atoms with E-state index in [2.05, 4.69) is 25.4 Å². The van der Waals surface area contributed by atoms with E-state index >= 15 is 0 Å². The second-order valence-corrected chi connectivity index (χ2v) is 4.81. The zero-order valence-corrected chi connectivity index (χ0v) is 9.69. The van der Waals surface area contributed by atoms with Crippen molar-refractivity contribution in [3.05, 3.63) is 0 Å². The summed E-state index contributed by atoms with van der Waals surface area (Å²) in [5, 5.41) is 3.63. The number of nitrogens with one attached hydrogen (secondary N) is 1. The van der Waals surface area contributed by atoms with E-state index in [0.29, 0.717) is 18.2 Å². The summed E-state index contributed by atoms with van der Waals surface area (Å²) in [6.07, 6.45) is 4.99. The molecule has 78 valence electrons. The molecule has 0 bridgehead atoms. The molecule has 1 aliphatic heterocycles. The molecule has 1 N–H and O–H groups in total. The van der Waals surface area contributed by atoms with Crippen LogP contribution in [0.15, 0.2) is 0 Å². The minimum absolute atomic E-state index is 0.400. The van der Waals surface area contributed by atoms with Crippen molar-refractivity contribution < 1.29 is 4.74 Å². The molecule has 1 heterocycles. The predicted molar refractivity (Wildman–Crippen MR) is 59.4 cm³/mol. The molecule has 0 spiro atoms. The van der Waals surface area contributed by atoms with Gasteiger partial charge in [0.1, 0.15) is 0 Å². The van der Waals surface area contributed by atoms with Crippen LogP contribution < -0.4 is 5.32 Å². The molecule has 1 aliphatic rings. The summed E-state index contributed by atoms with van der Waals surface area (Å²) < 4.78 is 5.50. The Kier molecular flexibility index (Phi) is 5.14. The molecule has 0 aliphatic carbocycles. The van der Waals surface area contributed by atoms with E-state index < -0.39 is 0 Å². The molecule has 1 fully saturated rings. The van der Waals surface area contributed by atoms with Crippen LogP contribution in [0.25, 0.3) is 0 Å². The lowest BCUT2D eigenvalue weighted by Crippen LogP contribution is -2.40. The maximum absolute atomic E-state index is 5.50. The standard InChI is InChI=1S/C10H21NOS/c1-8(5-7-13-3)11-10-4-6-12-9(10)2/h8-11H,4-7H2,1-3H3. The smallest absolute Gasteiger partial charge is 0.0700 e. The average molecular weight is 203 g/mol. The Bertz CT molecular complexity index is 143. The van der Waals surface area contributed by atoms with Crippen LogP contribution in [0.1, 0.15) is 26.7 Å². The fourth-order valence-electron chi connectivity index (χ4n) is 1.69. The van der Waals surface area contributed by atoms with Gasteiger partial charge in [0.25, 0.3) is 0 Å². The first-order valence-electron chi connectivity index (χ1n) is 5.10. The second-order valence-electron chi connectivity index (χ2n) is 3.82. The maximum atomic E-state index is 5.50. The zero-order valence-electron chi connectivity index (χ0n) is 8.88. The molecule has 3 heteroatoms. The molecule has 0 aromatic heterocycles. The molecule has 0 aromatic rings. The van der Waals surface area contributed by atoms with Gasteiger partial charge < -0.3 is 10.1 Å². The Hall–Kier alpha value is 0.270. The fraction of sp³-hybridized carbons (Fsp3) is 1.00. The lowest BCUT2D eigenvalue weighted by Gasteiger charge is -2.21. The van der Waals surface area contributed by atoms with Crippen LogP contribution in [0.5, 0.6) is 0 Å². The number of hydrogen-bond donors (Lipinski definition) is 1. The highest BCUT2D eigenvalue weighted by Crippen LogP contribution is 2.14. The summed E-state index contributed by atoms with van der Waals surface area (Å²) in [4.78, 5) is 0. The molecule has 3 unspecified atom stereocenters. The Morgan fingerprint density at radius 2 is 2.38 bits per heavy atom. The molecule has 0 aromatic carbocycles. The summed E-state index contributed by atoms with van der Waals surface area (Å²) in [6, 6.07) is 1.21. The number of rotatable bonds is 5. The fourth-order valence-corrected chi connectivity index (χ4v) is 2.28. The van der Waals surface area contributed by atoms with E-state index in [9.17, 15) is 0 Å². The summed E-state index contributed by atoms with van der Waals surface area (Å²) in [7, 11) is 0. The highest BCUT2D eigenvalue weighted by molar-refractivity contribution is 7.98. The van der Waals surface area contributed by atoms with Crippen molar-refractivity contribution in [3.8, 4) is 0 Å². The van der Waals surface area contributed by atoms with Crippen molar-refractivity contribution in [1.29, 1.82) is 0 Å². The van der Waals surface area contributed by atoms with Crippen molar-refractivity contribution in [2.75, 3.05) is 18.6 Å². The summed E-state index contributed by atoms with van der Waals surface area (Å²) in [6.45, 7) is 5.35. The molecule has 0 amide bonds. The molecule has 13 heavy (non-hydrogen) atoms. The van der Waals surface area contributed by atoms with E-state index in [1.807, 2.05) is 11.8 Å². The Morgan fingerprint density at radius 1 is 1.62 bits per heavy atom. The Balaban J connectivity index is 2.15. The van der Waals surface area contributed by atoms with Crippen LogP contribution in [0, 0.1) is 0 Å². The van der Waals surface area contributed by atoms with Gasteiger partial charge in [-0.25, -0.2) is 0 Å². The number of ether oxygens (including phenoxy) is 1. The molecular weight excluding hydrogens is 182 g/mol. The normalized spacial score (nSPS) is 30.7. The molecule has 1 saturated heterocycles. The molecule has 2 nitrogen and oxygen atoms in total. The van der Waals surface area contributed by atoms with E-state index in [0.717, 1.165) is 6.61 Å². The monoisotopic (exact) mass is 203 g/mol. The molecule has 0 saturated carbocycles. The van der Waals surface area contributed by atoms with E-state index in [4.69, 9.17) is 4.74 Å². The number of hydrogen-bond acceptors (Lipinski definition) is 3. The minimum Gasteiger partial charge on any atom is -0.377 e. The van der Waals surface area contributed by atoms with Crippen LogP contribution in [-0.2, 0) is 4.74 Å². The summed E-state index contributed by atoms with van der Waals surface area (Å²) in [5.74, 6) is 1.25. The van der Waals surface area contributed by atoms with Crippen molar-refractivity contribution in [2.45, 2.75) is 44.9 Å². The quantitative estimate of drug-likeness (QED) is 0.737. The van der Waals surface area contributed by atoms with Crippen molar-refractivity contribution in [3.63, 3.8) is 0 Å². The van der Waals surface area contributed by atoms with Gasteiger partial charge in [-0.15, -0.1) is 0 Å². The van der Waals surface area contributed by atoms with Gasteiger partial charge in [-0.1, -0.05) is 0 Å². The topological polar surface area (TPSA) is 21.3 Å². The third kappa shape index (κ3) is 3.88. The van der Waals surface area contributed by atoms with Gasteiger partial charge in [0.2, 0.25) is 0 Å². The lowest BCUT2D eigenvalue weighted by molar-refractivity contribution is 0.111. The molecule has 3 atom stereocenters. The first-order chi connectivity index (χ1) is 6.24. The number of thioether (sulfide) groups is 1. The van der Waals surface area contributed by atoms with Crippen molar-refractivity contribution in [1.82, 2.24) is 5.32 Å². The van der Waals surface area contributed by atoms with Gasteiger partial charge in [0.15, 0.2) is 0 Å². The largest absolute Gasteiger partial charge is 0.377 e. The summed E-state index contributed by atoms with van der Waals surface area (Å²) in [5.41, 5.74) is 0. The van der Waals surface area contributed by atoms with Crippen LogP contribution in [0.3, 0.4) is 0 Å².